The first-order valence-electron chi connectivity index (χ1n) is 8.13. The van der Waals surface area contributed by atoms with Gasteiger partial charge in [0, 0.05) is 33.2 Å². The number of piperidine rings is 1. The van der Waals surface area contributed by atoms with Crippen molar-refractivity contribution in [3.8, 4) is 0 Å². The van der Waals surface area contributed by atoms with Gasteiger partial charge in [0.2, 0.25) is 5.91 Å². The van der Waals surface area contributed by atoms with Crippen molar-refractivity contribution < 1.29 is 9.53 Å². The third-order valence-electron chi connectivity index (χ3n) is 3.39. The van der Waals surface area contributed by atoms with Crippen molar-refractivity contribution in [1.29, 1.82) is 0 Å². The molecule has 0 aromatic rings. The molecular formula is C16H34N2O2. The summed E-state index contributed by atoms with van der Waals surface area (Å²) >= 11 is 0. The van der Waals surface area contributed by atoms with E-state index >= 15 is 0 Å². The van der Waals surface area contributed by atoms with Crippen molar-refractivity contribution in [3.05, 3.63) is 0 Å². The zero-order valence-electron chi connectivity index (χ0n) is 14.1. The topological polar surface area (TPSA) is 41.6 Å². The number of nitrogens with one attached hydrogen (secondary N) is 1. The molecule has 120 valence electrons. The first kappa shape index (κ1) is 19.4. The summed E-state index contributed by atoms with van der Waals surface area (Å²) in [5.74, 6) is 1.53. The highest BCUT2D eigenvalue weighted by molar-refractivity contribution is 5.73. The van der Waals surface area contributed by atoms with Crippen LogP contribution in [0.15, 0.2) is 0 Å². The molecule has 0 aliphatic carbocycles. The van der Waals surface area contributed by atoms with Gasteiger partial charge in [0.05, 0.1) is 6.61 Å². The highest BCUT2D eigenvalue weighted by Gasteiger charge is 2.20. The van der Waals surface area contributed by atoms with Crippen molar-refractivity contribution in [2.75, 3.05) is 39.4 Å². The maximum atomic E-state index is 11.2. The molecule has 1 saturated heterocycles. The van der Waals surface area contributed by atoms with Crippen LogP contribution in [0.5, 0.6) is 0 Å². The van der Waals surface area contributed by atoms with Crippen LogP contribution in [0.3, 0.4) is 0 Å². The smallest absolute Gasteiger partial charge is 0.219 e. The molecule has 1 N–H and O–H groups in total. The van der Waals surface area contributed by atoms with Crippen LogP contribution < -0.4 is 5.32 Å². The molecule has 1 heterocycles. The molecule has 1 fully saturated rings. The summed E-state index contributed by atoms with van der Waals surface area (Å²) in [4.78, 5) is 13.1. The summed E-state index contributed by atoms with van der Waals surface area (Å²) in [5.41, 5.74) is 0. The maximum absolute atomic E-state index is 11.2. The monoisotopic (exact) mass is 286 g/mol. The van der Waals surface area contributed by atoms with Crippen LogP contribution in [0.4, 0.5) is 0 Å². The molecule has 20 heavy (non-hydrogen) atoms. The van der Waals surface area contributed by atoms with E-state index in [1.54, 1.807) is 6.92 Å². The number of carbonyl (C=O) groups excluding carboxylic acids is 1. The Morgan fingerprint density at radius 3 is 2.40 bits per heavy atom. The largest absolute Gasteiger partial charge is 0.380 e. The molecule has 0 aromatic heterocycles. The van der Waals surface area contributed by atoms with E-state index in [9.17, 15) is 4.79 Å². The van der Waals surface area contributed by atoms with Crippen LogP contribution >= 0.6 is 0 Å². The second kappa shape index (κ2) is 12.2. The average molecular weight is 286 g/mol. The minimum atomic E-state index is 0.201. The Kier molecular flexibility index (Phi) is 11.8. The molecule has 0 saturated carbocycles. The number of carbonyl (C=O) groups is 1. The Hall–Kier alpha value is -0.610. The maximum Gasteiger partial charge on any atom is 0.219 e. The van der Waals surface area contributed by atoms with E-state index in [0.29, 0.717) is 11.8 Å². The van der Waals surface area contributed by atoms with E-state index in [0.717, 1.165) is 52.2 Å². The van der Waals surface area contributed by atoms with Gasteiger partial charge in [-0.05, 0) is 31.2 Å². The van der Waals surface area contributed by atoms with Crippen molar-refractivity contribution in [3.63, 3.8) is 0 Å². The number of hydrogen-bond acceptors (Lipinski definition) is 3. The Morgan fingerprint density at radius 2 is 1.90 bits per heavy atom. The normalized spacial score (nSPS) is 16.0. The fourth-order valence-electron chi connectivity index (χ4n) is 2.20. The van der Waals surface area contributed by atoms with E-state index in [1.807, 2.05) is 18.7 Å². The predicted octanol–water partition coefficient (Wildman–Crippen LogP) is 2.53. The molecule has 0 radical (unpaired) electrons. The summed E-state index contributed by atoms with van der Waals surface area (Å²) < 4.78 is 5.68. The van der Waals surface area contributed by atoms with Crippen LogP contribution in [0, 0.1) is 11.8 Å². The number of nitrogens with zero attached hydrogens (tertiary/aromatic N) is 1. The molecule has 0 atom stereocenters. The molecule has 4 heteroatoms. The number of hydrogen-bond donors (Lipinski definition) is 1. The molecule has 0 aromatic carbocycles. The third kappa shape index (κ3) is 9.32. The first-order chi connectivity index (χ1) is 9.59. The Bertz CT molecular complexity index is 237. The molecule has 1 rings (SSSR count). The molecule has 0 bridgehead atoms. The van der Waals surface area contributed by atoms with Crippen molar-refractivity contribution in [1.82, 2.24) is 10.2 Å². The molecule has 1 aliphatic rings. The van der Waals surface area contributed by atoms with Crippen LogP contribution in [0.1, 0.15) is 47.5 Å². The molecule has 1 amide bonds. The lowest BCUT2D eigenvalue weighted by molar-refractivity contribution is -0.130. The predicted molar refractivity (Wildman–Crippen MR) is 84.9 cm³/mol. The fourth-order valence-corrected chi connectivity index (χ4v) is 2.20. The lowest BCUT2D eigenvalue weighted by Crippen LogP contribution is -2.38. The Morgan fingerprint density at radius 1 is 1.30 bits per heavy atom. The lowest BCUT2D eigenvalue weighted by atomic mass is 9.98. The van der Waals surface area contributed by atoms with Crippen LogP contribution in [-0.4, -0.2) is 50.2 Å². The Balaban J connectivity index is 0.00000172. The van der Waals surface area contributed by atoms with Gasteiger partial charge in [0.15, 0.2) is 0 Å². The molecule has 0 unspecified atom stereocenters. The second-order valence-corrected chi connectivity index (χ2v) is 5.62. The summed E-state index contributed by atoms with van der Waals surface area (Å²) in [7, 11) is 0. The van der Waals surface area contributed by atoms with Gasteiger partial charge >= 0.3 is 0 Å². The minimum absolute atomic E-state index is 0.201. The number of ether oxygens (including phenoxy) is 1. The van der Waals surface area contributed by atoms with Crippen LogP contribution in [0.2, 0.25) is 0 Å². The number of rotatable bonds is 7. The zero-order valence-corrected chi connectivity index (χ0v) is 14.1. The van der Waals surface area contributed by atoms with Crippen LogP contribution in [0.25, 0.3) is 0 Å². The zero-order chi connectivity index (χ0) is 15.4. The molecule has 1 aliphatic heterocycles. The Labute approximate surface area is 125 Å². The quantitative estimate of drug-likeness (QED) is 0.731. The van der Waals surface area contributed by atoms with Crippen molar-refractivity contribution >= 4 is 5.91 Å². The van der Waals surface area contributed by atoms with Crippen molar-refractivity contribution in [2.24, 2.45) is 11.8 Å². The molecule has 0 spiro atoms. The molecular weight excluding hydrogens is 252 g/mol. The van der Waals surface area contributed by atoms with Gasteiger partial charge in [0.1, 0.15) is 0 Å². The van der Waals surface area contributed by atoms with Gasteiger partial charge in [-0.1, -0.05) is 27.7 Å². The summed E-state index contributed by atoms with van der Waals surface area (Å²) in [6.45, 7) is 15.5. The highest BCUT2D eigenvalue weighted by Crippen LogP contribution is 2.17. The van der Waals surface area contributed by atoms with Gasteiger partial charge in [0.25, 0.3) is 0 Å². The summed E-state index contributed by atoms with van der Waals surface area (Å²) in [6.07, 6.45) is 2.16. The first-order valence-corrected chi connectivity index (χ1v) is 8.13. The van der Waals surface area contributed by atoms with Gasteiger partial charge in [-0.15, -0.1) is 0 Å². The molecule has 4 nitrogen and oxygen atoms in total. The van der Waals surface area contributed by atoms with E-state index in [2.05, 4.69) is 19.2 Å². The standard InChI is InChI=1S/C14H28N2O2.C2H6/c1-12(2)10-15-6-9-18-11-14-4-7-16(8-5-14)13(3)17;1-2/h12,14-15H,4-11H2,1-3H3;1-2H3. The van der Waals surface area contributed by atoms with Gasteiger partial charge in [-0.25, -0.2) is 0 Å². The van der Waals surface area contributed by atoms with Gasteiger partial charge in [-0.3, -0.25) is 4.79 Å². The number of amides is 1. The summed E-state index contributed by atoms with van der Waals surface area (Å²) in [6, 6.07) is 0. The third-order valence-corrected chi connectivity index (χ3v) is 3.39. The van der Waals surface area contributed by atoms with E-state index in [4.69, 9.17) is 4.74 Å². The van der Waals surface area contributed by atoms with Gasteiger partial charge < -0.3 is 15.0 Å². The van der Waals surface area contributed by atoms with Gasteiger partial charge in [-0.2, -0.15) is 0 Å². The summed E-state index contributed by atoms with van der Waals surface area (Å²) in [5, 5.41) is 3.37. The lowest BCUT2D eigenvalue weighted by Gasteiger charge is -2.31. The van der Waals surface area contributed by atoms with E-state index < -0.39 is 0 Å². The highest BCUT2D eigenvalue weighted by atomic mass is 16.5. The van der Waals surface area contributed by atoms with E-state index in [-0.39, 0.29) is 5.91 Å². The fraction of sp³-hybridized carbons (Fsp3) is 0.938. The average Bonchev–Trinajstić information content (AvgIpc) is 2.45. The minimum Gasteiger partial charge on any atom is -0.380 e. The van der Waals surface area contributed by atoms with Crippen LogP contribution in [-0.2, 0) is 9.53 Å². The SMILES string of the molecule is CC.CC(=O)N1CCC(COCCNCC(C)C)CC1. The van der Waals surface area contributed by atoms with E-state index in [1.165, 1.54) is 0 Å². The second-order valence-electron chi connectivity index (χ2n) is 5.62. The number of likely N-dealkylation sites (tertiary alicyclic amines) is 1. The van der Waals surface area contributed by atoms with Crippen molar-refractivity contribution in [2.45, 2.75) is 47.5 Å².